The number of nitrogens with one attached hydrogen (secondary N) is 1. The fourth-order valence-corrected chi connectivity index (χ4v) is 5.47. The molecule has 1 N–H and O–H groups in total. The van der Waals surface area contributed by atoms with E-state index in [0.29, 0.717) is 17.3 Å². The first kappa shape index (κ1) is 29.2. The molecule has 0 aromatic heterocycles. The Hall–Kier alpha value is -3.36. The van der Waals surface area contributed by atoms with Crippen LogP contribution in [0.2, 0.25) is 5.02 Å². The smallest absolute Gasteiger partial charge is 0.264 e. The Bertz CT molecular complexity index is 1390. The second-order valence-electron chi connectivity index (χ2n) is 9.31. The topological polar surface area (TPSA) is 86.8 Å². The van der Waals surface area contributed by atoms with Crippen LogP contribution in [0.25, 0.3) is 0 Å². The number of benzene rings is 3. The molecule has 1 atom stereocenters. The van der Waals surface area contributed by atoms with E-state index in [1.165, 1.54) is 17.0 Å². The van der Waals surface area contributed by atoms with E-state index in [2.05, 4.69) is 5.32 Å². The van der Waals surface area contributed by atoms with Gasteiger partial charge in [-0.15, -0.1) is 0 Å². The van der Waals surface area contributed by atoms with Gasteiger partial charge in [0.1, 0.15) is 12.6 Å². The van der Waals surface area contributed by atoms with E-state index in [1.54, 1.807) is 62.4 Å². The van der Waals surface area contributed by atoms with Crippen LogP contribution >= 0.6 is 11.6 Å². The molecule has 7 nitrogen and oxygen atoms in total. The van der Waals surface area contributed by atoms with Gasteiger partial charge in [-0.05, 0) is 87.7 Å². The van der Waals surface area contributed by atoms with Crippen LogP contribution in [-0.4, -0.2) is 44.3 Å². The molecule has 0 radical (unpaired) electrons. The van der Waals surface area contributed by atoms with Crippen LogP contribution in [-0.2, 0) is 26.2 Å². The molecule has 3 aromatic carbocycles. The Kier molecular flexibility index (Phi) is 9.57. The van der Waals surface area contributed by atoms with E-state index in [9.17, 15) is 18.0 Å². The average Bonchev–Trinajstić information content (AvgIpc) is 2.88. The maximum atomic E-state index is 13.9. The molecular weight excluding hydrogens is 522 g/mol. The Morgan fingerprint density at radius 1 is 0.921 bits per heavy atom. The molecule has 38 heavy (non-hydrogen) atoms. The molecule has 0 bridgehead atoms. The lowest BCUT2D eigenvalue weighted by molar-refractivity contribution is -0.139. The summed E-state index contributed by atoms with van der Waals surface area (Å²) in [5.74, 6) is -0.832. The van der Waals surface area contributed by atoms with Crippen molar-refractivity contribution < 1.29 is 18.0 Å². The average molecular weight is 556 g/mol. The van der Waals surface area contributed by atoms with Gasteiger partial charge >= 0.3 is 0 Å². The van der Waals surface area contributed by atoms with Crippen molar-refractivity contribution in [3.05, 3.63) is 94.0 Å². The number of rotatable bonds is 10. The van der Waals surface area contributed by atoms with Crippen molar-refractivity contribution in [1.82, 2.24) is 10.2 Å². The number of amides is 2. The molecule has 9 heteroatoms. The van der Waals surface area contributed by atoms with Gasteiger partial charge in [-0.25, -0.2) is 8.42 Å². The van der Waals surface area contributed by atoms with Crippen molar-refractivity contribution in [2.45, 2.75) is 52.1 Å². The number of nitrogens with zero attached hydrogens (tertiary/aromatic N) is 2. The Morgan fingerprint density at radius 3 is 2.13 bits per heavy atom. The number of aryl methyl sites for hydroxylation is 3. The number of hydrogen-bond donors (Lipinski definition) is 1. The monoisotopic (exact) mass is 555 g/mol. The quantitative estimate of drug-likeness (QED) is 0.381. The highest BCUT2D eigenvalue weighted by Crippen LogP contribution is 2.27. The molecule has 3 aromatic rings. The summed E-state index contributed by atoms with van der Waals surface area (Å²) in [5.41, 5.74) is 3.95. The summed E-state index contributed by atoms with van der Waals surface area (Å²) in [7, 11) is -4.10. The van der Waals surface area contributed by atoms with E-state index < -0.39 is 28.5 Å². The largest absolute Gasteiger partial charge is 0.355 e. The molecule has 0 saturated carbocycles. The molecule has 2 amide bonds. The first-order valence-electron chi connectivity index (χ1n) is 12.4. The minimum Gasteiger partial charge on any atom is -0.355 e. The molecule has 0 unspecified atom stereocenters. The third-order valence-electron chi connectivity index (χ3n) is 6.45. The standard InChI is InChI=1S/C29H34ClN3O4S/c1-6-31-29(35)23(5)32(18-24-10-12-25(30)13-11-24)28(34)19-33(26-14-9-21(3)22(4)17-26)38(36,37)27-15-7-20(2)8-16-27/h7-17,23H,6,18-19H2,1-5H3,(H,31,35)/t23-/m1/s1. The number of sulfonamides is 1. The summed E-state index contributed by atoms with van der Waals surface area (Å²) >= 11 is 6.03. The fraction of sp³-hybridized carbons (Fsp3) is 0.310. The minimum atomic E-state index is -4.10. The van der Waals surface area contributed by atoms with Crippen LogP contribution in [0.3, 0.4) is 0 Å². The van der Waals surface area contributed by atoms with Crippen LogP contribution in [0.5, 0.6) is 0 Å². The SMILES string of the molecule is CCNC(=O)[C@@H](C)N(Cc1ccc(Cl)cc1)C(=O)CN(c1ccc(C)c(C)c1)S(=O)(=O)c1ccc(C)cc1. The van der Waals surface area contributed by atoms with Gasteiger partial charge in [0.05, 0.1) is 10.6 Å². The van der Waals surface area contributed by atoms with E-state index in [1.807, 2.05) is 26.8 Å². The Labute approximate surface area is 230 Å². The first-order chi connectivity index (χ1) is 17.9. The number of carbonyl (C=O) groups is 2. The van der Waals surface area contributed by atoms with Gasteiger partial charge in [-0.2, -0.15) is 0 Å². The van der Waals surface area contributed by atoms with Crippen LogP contribution < -0.4 is 9.62 Å². The zero-order valence-electron chi connectivity index (χ0n) is 22.4. The van der Waals surface area contributed by atoms with Crippen molar-refractivity contribution >= 4 is 39.1 Å². The lowest BCUT2D eigenvalue weighted by atomic mass is 10.1. The highest BCUT2D eigenvalue weighted by Gasteiger charge is 2.32. The van der Waals surface area contributed by atoms with Crippen LogP contribution in [0.1, 0.15) is 36.1 Å². The van der Waals surface area contributed by atoms with Crippen molar-refractivity contribution in [2.24, 2.45) is 0 Å². The zero-order valence-corrected chi connectivity index (χ0v) is 23.9. The second-order valence-corrected chi connectivity index (χ2v) is 11.6. The van der Waals surface area contributed by atoms with Gasteiger partial charge in [0.25, 0.3) is 10.0 Å². The maximum absolute atomic E-state index is 13.9. The number of likely N-dealkylation sites (N-methyl/N-ethyl adjacent to an activating group) is 1. The number of hydrogen-bond acceptors (Lipinski definition) is 4. The summed E-state index contributed by atoms with van der Waals surface area (Å²) < 4.78 is 28.8. The van der Waals surface area contributed by atoms with Crippen molar-refractivity contribution in [1.29, 1.82) is 0 Å². The summed E-state index contributed by atoms with van der Waals surface area (Å²) in [6.45, 7) is 9.17. The van der Waals surface area contributed by atoms with Gasteiger partial charge in [0.15, 0.2) is 0 Å². The number of anilines is 1. The third-order valence-corrected chi connectivity index (χ3v) is 8.49. The molecule has 0 aliphatic carbocycles. The zero-order chi connectivity index (χ0) is 28.0. The fourth-order valence-electron chi connectivity index (χ4n) is 3.94. The van der Waals surface area contributed by atoms with Gasteiger partial charge < -0.3 is 10.2 Å². The molecule has 0 aliphatic heterocycles. The summed E-state index contributed by atoms with van der Waals surface area (Å²) in [5, 5.41) is 3.30. The molecule has 202 valence electrons. The Morgan fingerprint density at radius 2 is 1.55 bits per heavy atom. The second kappa shape index (κ2) is 12.5. The van der Waals surface area contributed by atoms with Crippen molar-refractivity contribution in [3.8, 4) is 0 Å². The predicted octanol–water partition coefficient (Wildman–Crippen LogP) is 5.01. The molecule has 0 aliphatic rings. The molecule has 3 rings (SSSR count). The van der Waals surface area contributed by atoms with Crippen molar-refractivity contribution in [2.75, 3.05) is 17.4 Å². The summed E-state index contributed by atoms with van der Waals surface area (Å²) in [6.07, 6.45) is 0. The van der Waals surface area contributed by atoms with E-state index in [0.717, 1.165) is 26.6 Å². The van der Waals surface area contributed by atoms with Crippen molar-refractivity contribution in [3.63, 3.8) is 0 Å². The summed E-state index contributed by atoms with van der Waals surface area (Å²) in [4.78, 5) is 28.1. The minimum absolute atomic E-state index is 0.0788. The van der Waals surface area contributed by atoms with Gasteiger partial charge in [-0.3, -0.25) is 13.9 Å². The van der Waals surface area contributed by atoms with Crippen LogP contribution in [0.15, 0.2) is 71.6 Å². The molecule has 0 heterocycles. The predicted molar refractivity (Wildman–Crippen MR) is 152 cm³/mol. The number of carbonyl (C=O) groups excluding carboxylic acids is 2. The van der Waals surface area contributed by atoms with Gasteiger partial charge in [0.2, 0.25) is 11.8 Å². The number of halogens is 1. The normalized spacial score (nSPS) is 12.1. The van der Waals surface area contributed by atoms with E-state index >= 15 is 0 Å². The van der Waals surface area contributed by atoms with E-state index in [-0.39, 0.29) is 17.3 Å². The molecule has 0 spiro atoms. The highest BCUT2D eigenvalue weighted by atomic mass is 35.5. The molecule has 0 fully saturated rings. The third kappa shape index (κ3) is 6.94. The Balaban J connectivity index is 2.05. The van der Waals surface area contributed by atoms with E-state index in [4.69, 9.17) is 11.6 Å². The van der Waals surface area contributed by atoms with Crippen LogP contribution in [0.4, 0.5) is 5.69 Å². The maximum Gasteiger partial charge on any atom is 0.264 e. The molecule has 0 saturated heterocycles. The van der Waals surface area contributed by atoms with Crippen LogP contribution in [0, 0.1) is 20.8 Å². The summed E-state index contributed by atoms with van der Waals surface area (Å²) in [6, 6.07) is 17.9. The lowest BCUT2D eigenvalue weighted by Gasteiger charge is -2.32. The highest BCUT2D eigenvalue weighted by molar-refractivity contribution is 7.92. The lowest BCUT2D eigenvalue weighted by Crippen LogP contribution is -2.51. The van der Waals surface area contributed by atoms with Gasteiger partial charge in [-0.1, -0.05) is 47.5 Å². The first-order valence-corrected chi connectivity index (χ1v) is 14.2. The van der Waals surface area contributed by atoms with Gasteiger partial charge in [0, 0.05) is 18.1 Å². The molecular formula is C29H34ClN3O4S.